The Kier molecular flexibility index (Phi) is 5.74. The number of hydrogen-bond acceptors (Lipinski definition) is 5. The number of halogens is 2. The normalized spacial score (nSPS) is 11.7. The van der Waals surface area contributed by atoms with Gasteiger partial charge in [0.25, 0.3) is 10.0 Å². The minimum atomic E-state index is -4.14. The van der Waals surface area contributed by atoms with Gasteiger partial charge in [0, 0.05) is 10.6 Å². The summed E-state index contributed by atoms with van der Waals surface area (Å²) in [7, 11) is -4.14. The fourth-order valence-electron chi connectivity index (χ4n) is 2.28. The van der Waals surface area contributed by atoms with Crippen molar-refractivity contribution in [1.29, 1.82) is 0 Å². The lowest BCUT2D eigenvalue weighted by Gasteiger charge is -2.09. The van der Waals surface area contributed by atoms with Crippen molar-refractivity contribution in [2.75, 3.05) is 6.61 Å². The van der Waals surface area contributed by atoms with E-state index in [1.54, 1.807) is 24.3 Å². The zero-order valence-corrected chi connectivity index (χ0v) is 17.0. The van der Waals surface area contributed by atoms with Crippen LogP contribution in [0.3, 0.4) is 0 Å². The maximum absolute atomic E-state index is 13.2. The molecule has 9 heteroatoms. The lowest BCUT2D eigenvalue weighted by atomic mass is 10.2. The van der Waals surface area contributed by atoms with Crippen molar-refractivity contribution in [2.24, 2.45) is 5.92 Å². The molecule has 27 heavy (non-hydrogen) atoms. The smallest absolute Gasteiger partial charge is 0.337 e. The topological polar surface area (TPSA) is 74.1 Å². The Morgan fingerprint density at radius 1 is 1.11 bits per heavy atom. The molecule has 2 aromatic carbocycles. The van der Waals surface area contributed by atoms with E-state index in [9.17, 15) is 8.42 Å². The standard InChI is InChI=1S/C18H17Cl2N3O3S/c1-12(2)11-26-18-21-17(13-6-4-3-5-7-13)23(22-18)27(24,25)16-10-14(19)8-9-15(16)20/h3-10,12H,11H2,1-2H3. The van der Waals surface area contributed by atoms with Crippen molar-refractivity contribution < 1.29 is 13.2 Å². The molecule has 1 aromatic heterocycles. The monoisotopic (exact) mass is 425 g/mol. The number of benzene rings is 2. The molecule has 0 aliphatic rings. The van der Waals surface area contributed by atoms with Crippen molar-refractivity contribution in [3.63, 3.8) is 0 Å². The van der Waals surface area contributed by atoms with E-state index in [0.717, 1.165) is 4.09 Å². The summed E-state index contributed by atoms with van der Waals surface area (Å²) >= 11 is 12.1. The minimum absolute atomic E-state index is 0.0238. The van der Waals surface area contributed by atoms with Crippen LogP contribution in [0.2, 0.25) is 10.0 Å². The van der Waals surface area contributed by atoms with Crippen LogP contribution in [0.15, 0.2) is 53.4 Å². The molecule has 142 valence electrons. The van der Waals surface area contributed by atoms with Crippen molar-refractivity contribution >= 4 is 33.2 Å². The highest BCUT2D eigenvalue weighted by Crippen LogP contribution is 2.30. The second-order valence-electron chi connectivity index (χ2n) is 6.21. The molecular weight excluding hydrogens is 409 g/mol. The third-order valence-electron chi connectivity index (χ3n) is 3.54. The molecule has 3 aromatic rings. The molecule has 0 N–H and O–H groups in total. The molecule has 0 amide bonds. The largest absolute Gasteiger partial charge is 0.462 e. The highest BCUT2D eigenvalue weighted by atomic mass is 35.5. The molecule has 0 spiro atoms. The maximum Gasteiger partial charge on any atom is 0.337 e. The van der Waals surface area contributed by atoms with Gasteiger partial charge in [-0.1, -0.05) is 72.5 Å². The lowest BCUT2D eigenvalue weighted by molar-refractivity contribution is 0.251. The third kappa shape index (κ3) is 4.26. The van der Waals surface area contributed by atoms with Crippen LogP contribution in [0.25, 0.3) is 11.4 Å². The Bertz CT molecular complexity index is 1050. The minimum Gasteiger partial charge on any atom is -0.462 e. The SMILES string of the molecule is CC(C)COc1nc(-c2ccccc2)n(S(=O)(=O)c2cc(Cl)ccc2Cl)n1. The number of ether oxygens (including phenoxy) is 1. The van der Waals surface area contributed by atoms with Gasteiger partial charge in [-0.3, -0.25) is 0 Å². The van der Waals surface area contributed by atoms with Crippen LogP contribution < -0.4 is 4.74 Å². The second-order valence-corrected chi connectivity index (χ2v) is 8.79. The average Bonchev–Trinajstić information content (AvgIpc) is 3.08. The Morgan fingerprint density at radius 3 is 2.48 bits per heavy atom. The van der Waals surface area contributed by atoms with E-state index in [1.165, 1.54) is 18.2 Å². The zero-order chi connectivity index (χ0) is 19.6. The molecular formula is C18H17Cl2N3O3S. The predicted molar refractivity (Wildman–Crippen MR) is 105 cm³/mol. The first kappa shape index (κ1) is 19.7. The Hall–Kier alpha value is -2.09. The Morgan fingerprint density at radius 2 is 1.81 bits per heavy atom. The third-order valence-corrected chi connectivity index (χ3v) is 5.82. The first-order chi connectivity index (χ1) is 12.8. The summed E-state index contributed by atoms with van der Waals surface area (Å²) in [5.74, 6) is 0.363. The van der Waals surface area contributed by atoms with Gasteiger partial charge in [0.15, 0.2) is 5.82 Å². The summed E-state index contributed by atoms with van der Waals surface area (Å²) in [4.78, 5) is 4.11. The molecule has 0 saturated carbocycles. The fourth-order valence-corrected chi connectivity index (χ4v) is 4.26. The molecule has 0 aliphatic carbocycles. The molecule has 0 unspecified atom stereocenters. The highest BCUT2D eigenvalue weighted by Gasteiger charge is 2.28. The maximum atomic E-state index is 13.2. The van der Waals surface area contributed by atoms with Crippen LogP contribution in [-0.2, 0) is 10.0 Å². The van der Waals surface area contributed by atoms with E-state index in [2.05, 4.69) is 10.1 Å². The van der Waals surface area contributed by atoms with Crippen LogP contribution >= 0.6 is 23.2 Å². The van der Waals surface area contributed by atoms with Gasteiger partial charge in [0.2, 0.25) is 0 Å². The molecule has 1 heterocycles. The van der Waals surface area contributed by atoms with Gasteiger partial charge >= 0.3 is 6.01 Å². The van der Waals surface area contributed by atoms with Gasteiger partial charge in [0.1, 0.15) is 4.90 Å². The van der Waals surface area contributed by atoms with Crippen LogP contribution in [0.5, 0.6) is 6.01 Å². The summed E-state index contributed by atoms with van der Waals surface area (Å²) in [5, 5.41) is 4.36. The Labute approximate surface area is 167 Å². The van der Waals surface area contributed by atoms with Gasteiger partial charge < -0.3 is 4.74 Å². The fraction of sp³-hybridized carbons (Fsp3) is 0.222. The number of aromatic nitrogens is 3. The van der Waals surface area contributed by atoms with Gasteiger partial charge in [-0.25, -0.2) is 0 Å². The molecule has 0 bridgehead atoms. The molecule has 0 fully saturated rings. The van der Waals surface area contributed by atoms with Crippen molar-refractivity contribution in [3.05, 3.63) is 58.6 Å². The van der Waals surface area contributed by atoms with Crippen molar-refractivity contribution in [1.82, 2.24) is 14.2 Å². The van der Waals surface area contributed by atoms with Crippen LogP contribution in [0.1, 0.15) is 13.8 Å². The van der Waals surface area contributed by atoms with E-state index in [0.29, 0.717) is 12.2 Å². The van der Waals surface area contributed by atoms with Crippen molar-refractivity contribution in [2.45, 2.75) is 18.7 Å². The molecule has 0 saturated heterocycles. The predicted octanol–water partition coefficient (Wildman–Crippen LogP) is 4.52. The molecule has 0 atom stereocenters. The molecule has 3 rings (SSSR count). The zero-order valence-electron chi connectivity index (χ0n) is 14.6. The van der Waals surface area contributed by atoms with E-state index >= 15 is 0 Å². The van der Waals surface area contributed by atoms with Crippen LogP contribution in [0, 0.1) is 5.92 Å². The van der Waals surface area contributed by atoms with Crippen LogP contribution in [-0.4, -0.2) is 29.2 Å². The first-order valence-corrected chi connectivity index (χ1v) is 10.3. The highest BCUT2D eigenvalue weighted by molar-refractivity contribution is 7.90. The quantitative estimate of drug-likeness (QED) is 0.579. The number of nitrogens with zero attached hydrogens (tertiary/aromatic N) is 3. The summed E-state index contributed by atoms with van der Waals surface area (Å²) in [6.45, 7) is 4.30. The number of hydrogen-bond donors (Lipinski definition) is 0. The van der Waals surface area contributed by atoms with Crippen LogP contribution in [0.4, 0.5) is 0 Å². The molecule has 6 nitrogen and oxygen atoms in total. The van der Waals surface area contributed by atoms with Gasteiger partial charge in [-0.15, -0.1) is 4.09 Å². The van der Waals surface area contributed by atoms with E-state index in [1.807, 2.05) is 19.9 Å². The number of rotatable bonds is 6. The van der Waals surface area contributed by atoms with E-state index in [4.69, 9.17) is 27.9 Å². The van der Waals surface area contributed by atoms with E-state index < -0.39 is 10.0 Å². The summed E-state index contributed by atoms with van der Waals surface area (Å²) in [6, 6.07) is 13.1. The molecule has 0 radical (unpaired) electrons. The summed E-state index contributed by atoms with van der Waals surface area (Å²) in [5.41, 5.74) is 0.575. The molecule has 0 aliphatic heterocycles. The van der Waals surface area contributed by atoms with E-state index in [-0.39, 0.29) is 32.7 Å². The van der Waals surface area contributed by atoms with Gasteiger partial charge in [-0.2, -0.15) is 13.4 Å². The summed E-state index contributed by atoms with van der Waals surface area (Å²) < 4.78 is 32.8. The summed E-state index contributed by atoms with van der Waals surface area (Å²) in [6.07, 6.45) is 0. The first-order valence-electron chi connectivity index (χ1n) is 8.15. The van der Waals surface area contributed by atoms with Gasteiger partial charge in [0.05, 0.1) is 11.6 Å². The van der Waals surface area contributed by atoms with Crippen molar-refractivity contribution in [3.8, 4) is 17.4 Å². The van der Waals surface area contributed by atoms with Gasteiger partial charge in [-0.05, 0) is 24.1 Å². The Balaban J connectivity index is 2.16. The lowest BCUT2D eigenvalue weighted by Crippen LogP contribution is -2.17. The second kappa shape index (κ2) is 7.88. The average molecular weight is 426 g/mol.